The molecule has 41 heavy (non-hydrogen) atoms. The van der Waals surface area contributed by atoms with Gasteiger partial charge in [-0.2, -0.15) is 9.97 Å². The highest BCUT2D eigenvalue weighted by molar-refractivity contribution is 9.10. The van der Waals surface area contributed by atoms with Gasteiger partial charge in [0.25, 0.3) is 0 Å². The summed E-state index contributed by atoms with van der Waals surface area (Å²) in [6, 6.07) is 2.30. The van der Waals surface area contributed by atoms with Gasteiger partial charge >= 0.3 is 0 Å². The number of aromatic nitrogens is 6. The minimum atomic E-state index is -0.781. The van der Waals surface area contributed by atoms with Crippen LogP contribution in [0, 0.1) is 5.82 Å². The average Bonchev–Trinajstić information content (AvgIpc) is 2.93. The number of nitrogens with zero attached hydrogens (tertiary/aromatic N) is 6. The van der Waals surface area contributed by atoms with Gasteiger partial charge in [-0.15, -0.1) is 0 Å². The predicted molar refractivity (Wildman–Crippen MR) is 162 cm³/mol. The van der Waals surface area contributed by atoms with Crippen LogP contribution in [0.1, 0.15) is 52.9 Å². The number of anilines is 4. The van der Waals surface area contributed by atoms with Gasteiger partial charge in [0, 0.05) is 22.8 Å². The first-order valence-electron chi connectivity index (χ1n) is 13.7. The number of pyridine rings is 2. The number of unbranched alkanes of at least 4 members (excludes halogenated alkanes) is 1. The standard InChI is InChI=1S/C27H36BrFN10O2/c1-4-6-7-18(13-40)33-24-22-20(8-15(28)11-31-22)37-27(39-24)34-17(5-2)10-19(14(3)41)35-25-23-21(36-26(30)38-25)9-16(29)12-32-23/h8-9,11-12,14,17-19,40-41H,4-7,10,13H2,1-3H3,(H3,30,35,36,38)(H2,33,34,37,39)/t14-,17?,18+,19+/m0/s1. The van der Waals surface area contributed by atoms with Gasteiger partial charge < -0.3 is 31.9 Å². The number of hydrogen-bond acceptors (Lipinski definition) is 12. The van der Waals surface area contributed by atoms with Crippen molar-refractivity contribution >= 4 is 61.5 Å². The number of aliphatic hydroxyl groups is 2. The van der Waals surface area contributed by atoms with E-state index in [1.165, 1.54) is 6.07 Å². The Morgan fingerprint density at radius 2 is 1.66 bits per heavy atom. The van der Waals surface area contributed by atoms with Gasteiger partial charge in [0.05, 0.1) is 42.0 Å². The van der Waals surface area contributed by atoms with Crippen molar-refractivity contribution in [2.75, 3.05) is 28.3 Å². The Morgan fingerprint density at radius 1 is 0.951 bits per heavy atom. The number of nitrogens with two attached hydrogens (primary N) is 1. The molecule has 0 aromatic carbocycles. The zero-order valence-corrected chi connectivity index (χ0v) is 24.9. The van der Waals surface area contributed by atoms with Crippen LogP contribution in [-0.4, -0.2) is 71.0 Å². The van der Waals surface area contributed by atoms with Crippen molar-refractivity contribution in [3.63, 3.8) is 0 Å². The van der Waals surface area contributed by atoms with E-state index in [2.05, 4.69) is 58.7 Å². The van der Waals surface area contributed by atoms with Crippen molar-refractivity contribution in [3.05, 3.63) is 34.8 Å². The summed E-state index contributed by atoms with van der Waals surface area (Å²) in [7, 11) is 0. The van der Waals surface area contributed by atoms with Crippen molar-refractivity contribution in [2.24, 2.45) is 0 Å². The van der Waals surface area contributed by atoms with E-state index in [1.807, 2.05) is 13.0 Å². The Morgan fingerprint density at radius 3 is 2.34 bits per heavy atom. The molecule has 0 radical (unpaired) electrons. The summed E-state index contributed by atoms with van der Waals surface area (Å²) in [5.41, 5.74) is 7.71. The highest BCUT2D eigenvalue weighted by Gasteiger charge is 2.23. The Bertz CT molecular complexity index is 1470. The minimum absolute atomic E-state index is 0.0339. The third-order valence-electron chi connectivity index (χ3n) is 6.76. The van der Waals surface area contributed by atoms with Crippen LogP contribution in [0.2, 0.25) is 0 Å². The average molecular weight is 632 g/mol. The predicted octanol–water partition coefficient (Wildman–Crippen LogP) is 4.25. The number of rotatable bonds is 14. The fraction of sp³-hybridized carbons (Fsp3) is 0.481. The molecule has 0 bridgehead atoms. The van der Waals surface area contributed by atoms with E-state index in [-0.39, 0.29) is 30.2 Å². The van der Waals surface area contributed by atoms with Gasteiger partial charge in [-0.05, 0) is 48.2 Å². The molecule has 0 aliphatic rings. The lowest BCUT2D eigenvalue weighted by molar-refractivity contribution is 0.164. The Hall–Kier alpha value is -3.49. The zero-order valence-electron chi connectivity index (χ0n) is 23.3. The first-order valence-corrected chi connectivity index (χ1v) is 14.5. The quantitative estimate of drug-likeness (QED) is 0.117. The van der Waals surface area contributed by atoms with Crippen molar-refractivity contribution in [1.82, 2.24) is 29.9 Å². The SMILES string of the molecule is CCCC[C@H](CO)Nc1nc(NC(CC)C[C@@H](Nc2nc(N)nc3cc(F)cnc23)[C@H](C)O)nc2cc(Br)cnc12. The molecular weight excluding hydrogens is 595 g/mol. The molecule has 12 nitrogen and oxygen atoms in total. The highest BCUT2D eigenvalue weighted by atomic mass is 79.9. The molecule has 4 aromatic rings. The van der Waals surface area contributed by atoms with Gasteiger partial charge in [-0.3, -0.25) is 0 Å². The van der Waals surface area contributed by atoms with Crippen molar-refractivity contribution in [3.8, 4) is 0 Å². The summed E-state index contributed by atoms with van der Waals surface area (Å²) in [4.78, 5) is 26.4. The van der Waals surface area contributed by atoms with Crippen LogP contribution in [0.3, 0.4) is 0 Å². The first-order chi connectivity index (χ1) is 19.7. The van der Waals surface area contributed by atoms with E-state index in [9.17, 15) is 14.6 Å². The number of halogens is 2. The Kier molecular flexibility index (Phi) is 10.3. The van der Waals surface area contributed by atoms with Gasteiger partial charge in [0.1, 0.15) is 16.9 Å². The summed E-state index contributed by atoms with van der Waals surface area (Å²) in [5.74, 6) is 0.649. The maximum atomic E-state index is 13.7. The number of hydrogen-bond donors (Lipinski definition) is 6. The maximum Gasteiger partial charge on any atom is 0.225 e. The monoisotopic (exact) mass is 630 g/mol. The smallest absolute Gasteiger partial charge is 0.225 e. The number of fused-ring (bicyclic) bond motifs is 2. The van der Waals surface area contributed by atoms with Crippen LogP contribution < -0.4 is 21.7 Å². The van der Waals surface area contributed by atoms with Crippen molar-refractivity contribution in [2.45, 2.75) is 77.1 Å². The molecule has 0 spiro atoms. The summed E-state index contributed by atoms with van der Waals surface area (Å²) in [6.07, 6.45) is 5.91. The topological polar surface area (TPSA) is 180 Å². The van der Waals surface area contributed by atoms with Crippen LogP contribution in [0.4, 0.5) is 27.9 Å². The second-order valence-corrected chi connectivity index (χ2v) is 10.9. The lowest BCUT2D eigenvalue weighted by atomic mass is 10.0. The van der Waals surface area contributed by atoms with E-state index in [4.69, 9.17) is 15.7 Å². The minimum Gasteiger partial charge on any atom is -0.394 e. The molecule has 7 N–H and O–H groups in total. The number of nitrogen functional groups attached to an aromatic ring is 1. The first kappa shape index (κ1) is 30.5. The zero-order chi connectivity index (χ0) is 29.5. The molecule has 4 atom stereocenters. The molecule has 0 aliphatic heterocycles. The van der Waals surface area contributed by atoms with Crippen LogP contribution >= 0.6 is 15.9 Å². The molecule has 0 aliphatic carbocycles. The second-order valence-electron chi connectivity index (χ2n) is 10.0. The van der Waals surface area contributed by atoms with E-state index in [0.717, 1.165) is 29.9 Å². The highest BCUT2D eigenvalue weighted by Crippen LogP contribution is 2.26. The van der Waals surface area contributed by atoms with Crippen molar-refractivity contribution in [1.29, 1.82) is 0 Å². The van der Waals surface area contributed by atoms with Gasteiger partial charge in [-0.1, -0.05) is 26.7 Å². The molecular formula is C27H36BrFN10O2. The molecule has 4 rings (SSSR count). The Balaban J connectivity index is 1.59. The van der Waals surface area contributed by atoms with Gasteiger partial charge in [0.15, 0.2) is 11.6 Å². The van der Waals surface area contributed by atoms with Crippen LogP contribution in [0.15, 0.2) is 29.0 Å². The third-order valence-corrected chi connectivity index (χ3v) is 7.19. The molecule has 14 heteroatoms. The largest absolute Gasteiger partial charge is 0.394 e. The Labute approximate surface area is 246 Å². The molecule has 4 aromatic heterocycles. The molecule has 1 unspecified atom stereocenters. The van der Waals surface area contributed by atoms with E-state index < -0.39 is 18.0 Å². The lowest BCUT2D eigenvalue weighted by Gasteiger charge is -2.27. The van der Waals surface area contributed by atoms with Crippen LogP contribution in [0.25, 0.3) is 22.1 Å². The fourth-order valence-electron chi connectivity index (χ4n) is 4.49. The molecule has 0 saturated carbocycles. The van der Waals surface area contributed by atoms with Gasteiger partial charge in [-0.25, -0.2) is 24.3 Å². The molecule has 0 fully saturated rings. The maximum absolute atomic E-state index is 13.7. The number of nitrogens with one attached hydrogen (secondary N) is 3. The van der Waals surface area contributed by atoms with E-state index in [1.54, 1.807) is 13.1 Å². The molecule has 220 valence electrons. The summed E-state index contributed by atoms with van der Waals surface area (Å²) in [6.45, 7) is 5.76. The lowest BCUT2D eigenvalue weighted by Crippen LogP contribution is -2.38. The van der Waals surface area contributed by atoms with Gasteiger partial charge in [0.2, 0.25) is 11.9 Å². The van der Waals surface area contributed by atoms with E-state index in [0.29, 0.717) is 47.0 Å². The molecule has 0 amide bonds. The van der Waals surface area contributed by atoms with Crippen LogP contribution in [-0.2, 0) is 0 Å². The normalized spacial score (nSPS) is 14.5. The fourth-order valence-corrected chi connectivity index (χ4v) is 4.81. The third kappa shape index (κ3) is 7.83. The molecule has 0 saturated heterocycles. The van der Waals surface area contributed by atoms with Crippen LogP contribution in [0.5, 0.6) is 0 Å². The summed E-state index contributed by atoms with van der Waals surface area (Å²) >= 11 is 3.47. The molecule has 4 heterocycles. The second kappa shape index (κ2) is 13.9. The van der Waals surface area contributed by atoms with Crippen molar-refractivity contribution < 1.29 is 14.6 Å². The summed E-state index contributed by atoms with van der Waals surface area (Å²) in [5, 5.41) is 30.6. The number of aliphatic hydroxyl groups excluding tert-OH is 2. The van der Waals surface area contributed by atoms with E-state index >= 15 is 0 Å². The summed E-state index contributed by atoms with van der Waals surface area (Å²) < 4.78 is 14.5.